The standard InChI is InChI=1S/C27H26ClN3O6S/c1-35-20-7-2-17(3-8-20)18-4-9-21(10-5-18)37-16-22-15-31(12-13-36-22)38(33,34)26-23-14-19(28)6-11-24(23)30-25(26)27(29)32/h2-11,14,22,30H,12-13,15-16H2,1H3,(H2,29,32). The smallest absolute Gasteiger partial charge is 0.266 e. The summed E-state index contributed by atoms with van der Waals surface area (Å²) < 4.78 is 45.5. The minimum atomic E-state index is -4.10. The van der Waals surface area contributed by atoms with Crippen molar-refractivity contribution in [2.75, 3.05) is 33.4 Å². The molecule has 2 heterocycles. The van der Waals surface area contributed by atoms with Crippen LogP contribution >= 0.6 is 11.6 Å². The van der Waals surface area contributed by atoms with Crippen LogP contribution in [0.4, 0.5) is 0 Å². The number of sulfonamides is 1. The molecule has 0 spiro atoms. The molecule has 198 valence electrons. The second kappa shape index (κ2) is 10.7. The van der Waals surface area contributed by atoms with E-state index in [1.54, 1.807) is 19.2 Å². The summed E-state index contributed by atoms with van der Waals surface area (Å²) in [5, 5.41) is 0.651. The molecule has 0 aliphatic carbocycles. The zero-order chi connectivity index (χ0) is 26.9. The van der Waals surface area contributed by atoms with Crippen LogP contribution in [0.15, 0.2) is 71.6 Å². The first-order valence-corrected chi connectivity index (χ1v) is 13.7. The van der Waals surface area contributed by atoms with E-state index in [1.807, 2.05) is 48.5 Å². The van der Waals surface area contributed by atoms with Gasteiger partial charge in [0.15, 0.2) is 0 Å². The first kappa shape index (κ1) is 26.1. The Hall–Kier alpha value is -3.57. The number of aromatic amines is 1. The van der Waals surface area contributed by atoms with Gasteiger partial charge in [0.2, 0.25) is 10.0 Å². The van der Waals surface area contributed by atoms with Crippen LogP contribution in [0, 0.1) is 0 Å². The number of nitrogens with two attached hydrogens (primary N) is 1. The van der Waals surface area contributed by atoms with Crippen LogP contribution in [0.2, 0.25) is 5.02 Å². The molecule has 1 aliphatic heterocycles. The lowest BCUT2D eigenvalue weighted by Gasteiger charge is -2.32. The number of primary amides is 1. The van der Waals surface area contributed by atoms with Crippen molar-refractivity contribution in [1.29, 1.82) is 0 Å². The van der Waals surface area contributed by atoms with Crippen LogP contribution in [0.5, 0.6) is 11.5 Å². The third kappa shape index (κ3) is 5.21. The minimum absolute atomic E-state index is 0.0533. The fraction of sp³-hybridized carbons (Fsp3) is 0.222. The number of aromatic nitrogens is 1. The molecule has 38 heavy (non-hydrogen) atoms. The molecule has 1 unspecified atom stereocenters. The second-order valence-corrected chi connectivity index (χ2v) is 11.1. The minimum Gasteiger partial charge on any atom is -0.497 e. The number of morpholine rings is 1. The number of hydrogen-bond donors (Lipinski definition) is 2. The van der Waals surface area contributed by atoms with E-state index in [2.05, 4.69) is 4.98 Å². The number of carbonyl (C=O) groups excluding carboxylic acids is 1. The zero-order valence-electron chi connectivity index (χ0n) is 20.5. The fourth-order valence-corrected chi connectivity index (χ4v) is 6.40. The molecule has 9 nitrogen and oxygen atoms in total. The summed E-state index contributed by atoms with van der Waals surface area (Å²) in [6.45, 7) is 0.507. The number of carbonyl (C=O) groups is 1. The van der Waals surface area contributed by atoms with E-state index in [4.69, 9.17) is 31.5 Å². The van der Waals surface area contributed by atoms with Crippen molar-refractivity contribution in [3.05, 3.63) is 77.4 Å². The normalized spacial score (nSPS) is 16.4. The number of amides is 1. The summed E-state index contributed by atoms with van der Waals surface area (Å²) in [6.07, 6.45) is -0.509. The Balaban J connectivity index is 1.29. The Morgan fingerprint density at radius 2 is 1.74 bits per heavy atom. The number of fused-ring (bicyclic) bond motifs is 1. The Labute approximate surface area is 225 Å². The number of benzene rings is 3. The van der Waals surface area contributed by atoms with Gasteiger partial charge in [0.1, 0.15) is 34.8 Å². The van der Waals surface area contributed by atoms with Crippen molar-refractivity contribution in [3.63, 3.8) is 0 Å². The molecule has 1 amide bonds. The maximum absolute atomic E-state index is 13.7. The van der Waals surface area contributed by atoms with Gasteiger partial charge in [0.25, 0.3) is 5.91 Å². The topological polar surface area (TPSA) is 124 Å². The number of H-pyrrole nitrogens is 1. The monoisotopic (exact) mass is 555 g/mol. The van der Waals surface area contributed by atoms with E-state index in [1.165, 1.54) is 10.4 Å². The van der Waals surface area contributed by atoms with Crippen molar-refractivity contribution in [1.82, 2.24) is 9.29 Å². The van der Waals surface area contributed by atoms with Gasteiger partial charge < -0.3 is 24.9 Å². The van der Waals surface area contributed by atoms with Crippen LogP contribution in [0.25, 0.3) is 22.0 Å². The van der Waals surface area contributed by atoms with Gasteiger partial charge >= 0.3 is 0 Å². The third-order valence-corrected chi connectivity index (χ3v) is 8.56. The molecule has 11 heteroatoms. The number of rotatable bonds is 8. The Morgan fingerprint density at radius 3 is 2.37 bits per heavy atom. The number of methoxy groups -OCH3 is 1. The predicted molar refractivity (Wildman–Crippen MR) is 144 cm³/mol. The molecule has 0 saturated carbocycles. The Morgan fingerprint density at radius 1 is 1.08 bits per heavy atom. The summed E-state index contributed by atoms with van der Waals surface area (Å²) in [5.74, 6) is 0.548. The maximum atomic E-state index is 13.7. The molecule has 1 atom stereocenters. The Kier molecular flexibility index (Phi) is 7.31. The number of hydrogen-bond acceptors (Lipinski definition) is 6. The summed E-state index contributed by atoms with van der Waals surface area (Å²) in [7, 11) is -2.47. The van der Waals surface area contributed by atoms with E-state index in [0.717, 1.165) is 16.9 Å². The fourth-order valence-electron chi connectivity index (χ4n) is 4.44. The van der Waals surface area contributed by atoms with Gasteiger partial charge in [-0.3, -0.25) is 4.79 Å². The highest BCUT2D eigenvalue weighted by molar-refractivity contribution is 7.89. The first-order valence-electron chi connectivity index (χ1n) is 11.9. The van der Waals surface area contributed by atoms with E-state index in [0.29, 0.717) is 21.7 Å². The van der Waals surface area contributed by atoms with Crippen LogP contribution in [-0.2, 0) is 14.8 Å². The largest absolute Gasteiger partial charge is 0.497 e. The average Bonchev–Trinajstić information content (AvgIpc) is 3.32. The third-order valence-electron chi connectivity index (χ3n) is 6.37. The van der Waals surface area contributed by atoms with Gasteiger partial charge in [0, 0.05) is 29.0 Å². The molecule has 0 bridgehead atoms. The van der Waals surface area contributed by atoms with Crippen molar-refractivity contribution in [2.45, 2.75) is 11.0 Å². The molecule has 1 aromatic heterocycles. The summed E-state index contributed by atoms with van der Waals surface area (Å²) in [4.78, 5) is 14.7. The number of halogens is 1. The van der Waals surface area contributed by atoms with Gasteiger partial charge in [0.05, 0.1) is 13.7 Å². The number of nitrogens with zero attached hydrogens (tertiary/aromatic N) is 1. The van der Waals surface area contributed by atoms with E-state index < -0.39 is 22.0 Å². The summed E-state index contributed by atoms with van der Waals surface area (Å²) in [5.41, 5.74) is 7.84. The molecule has 1 saturated heterocycles. The van der Waals surface area contributed by atoms with Gasteiger partial charge in [-0.05, 0) is 53.6 Å². The van der Waals surface area contributed by atoms with Crippen molar-refractivity contribution in [3.8, 4) is 22.6 Å². The highest BCUT2D eigenvalue weighted by Gasteiger charge is 2.36. The molecule has 3 N–H and O–H groups in total. The van der Waals surface area contributed by atoms with Gasteiger partial charge in [-0.15, -0.1) is 0 Å². The lowest BCUT2D eigenvalue weighted by Crippen LogP contribution is -2.47. The van der Waals surface area contributed by atoms with Crippen molar-refractivity contribution in [2.24, 2.45) is 5.73 Å². The predicted octanol–water partition coefficient (Wildman–Crippen LogP) is 4.06. The lowest BCUT2D eigenvalue weighted by atomic mass is 10.1. The first-order chi connectivity index (χ1) is 18.3. The molecule has 4 aromatic rings. The quantitative estimate of drug-likeness (QED) is 0.338. The molecular weight excluding hydrogens is 530 g/mol. The lowest BCUT2D eigenvalue weighted by molar-refractivity contribution is -0.0249. The molecule has 3 aromatic carbocycles. The second-order valence-electron chi connectivity index (χ2n) is 8.80. The molecule has 5 rings (SSSR count). The van der Waals surface area contributed by atoms with Crippen LogP contribution < -0.4 is 15.2 Å². The molecule has 1 aliphatic rings. The molecule has 0 radical (unpaired) electrons. The van der Waals surface area contributed by atoms with E-state index in [9.17, 15) is 13.2 Å². The van der Waals surface area contributed by atoms with Crippen molar-refractivity contribution < 1.29 is 27.4 Å². The Bertz CT molecular complexity index is 1570. The molecule has 1 fully saturated rings. The maximum Gasteiger partial charge on any atom is 0.266 e. The van der Waals surface area contributed by atoms with Crippen LogP contribution in [0.3, 0.4) is 0 Å². The number of nitrogens with one attached hydrogen (secondary N) is 1. The highest BCUT2D eigenvalue weighted by Crippen LogP contribution is 2.32. The molecular formula is C27H26ClN3O6S. The zero-order valence-corrected chi connectivity index (χ0v) is 22.1. The number of ether oxygens (including phenoxy) is 3. The van der Waals surface area contributed by atoms with E-state index >= 15 is 0 Å². The van der Waals surface area contributed by atoms with Crippen LogP contribution in [-0.4, -0.2) is 63.1 Å². The highest BCUT2D eigenvalue weighted by atomic mass is 35.5. The van der Waals surface area contributed by atoms with Gasteiger partial charge in [-0.25, -0.2) is 8.42 Å². The average molecular weight is 556 g/mol. The van der Waals surface area contributed by atoms with Crippen LogP contribution in [0.1, 0.15) is 10.5 Å². The summed E-state index contributed by atoms with van der Waals surface area (Å²) >= 11 is 6.11. The van der Waals surface area contributed by atoms with Gasteiger partial charge in [-0.1, -0.05) is 35.9 Å². The SMILES string of the molecule is COc1ccc(-c2ccc(OCC3CN(S(=O)(=O)c4c(C(N)=O)[nH]c5ccc(Cl)cc45)CCO3)cc2)cc1. The summed E-state index contributed by atoms with van der Waals surface area (Å²) in [6, 6.07) is 20.1. The van der Waals surface area contributed by atoms with Gasteiger partial charge in [-0.2, -0.15) is 4.31 Å². The van der Waals surface area contributed by atoms with E-state index in [-0.39, 0.29) is 36.9 Å². The van der Waals surface area contributed by atoms with Crippen molar-refractivity contribution >= 4 is 38.4 Å².